The average molecular weight is 314 g/mol. The Bertz CT molecular complexity index is 330. The van der Waals surface area contributed by atoms with Gasteiger partial charge in [0.1, 0.15) is 0 Å². The normalized spacial score (nSPS) is 12.6. The highest BCUT2D eigenvalue weighted by Gasteiger charge is 2.11. The number of hydrogen-bond donors (Lipinski definition) is 1. The highest BCUT2D eigenvalue weighted by atomic mass is 79.9. The summed E-state index contributed by atoms with van der Waals surface area (Å²) < 4.78 is 6.75. The Balaban J connectivity index is 2.54. The Hall–Kier alpha value is -0.380. The summed E-state index contributed by atoms with van der Waals surface area (Å²) in [6.07, 6.45) is 2.16. The third-order valence-corrected chi connectivity index (χ3v) is 3.41. The second-order valence-electron chi connectivity index (χ2n) is 4.46. The van der Waals surface area contributed by atoms with Crippen LogP contribution in [0.3, 0.4) is 0 Å². The number of likely N-dealkylation sites (N-methyl/N-ethyl adjacent to an activating group) is 1. The summed E-state index contributed by atoms with van der Waals surface area (Å²) in [5.41, 5.74) is 1.38. The van der Waals surface area contributed by atoms with Gasteiger partial charge in [-0.15, -0.1) is 0 Å². The van der Waals surface area contributed by atoms with E-state index in [0.29, 0.717) is 5.92 Å². The molecule has 1 aromatic rings. The van der Waals surface area contributed by atoms with Gasteiger partial charge >= 0.3 is 0 Å². The molecule has 1 rings (SSSR count). The first kappa shape index (κ1) is 15.7. The molecule has 0 heterocycles. The Kier molecular flexibility index (Phi) is 8.31. The summed E-state index contributed by atoms with van der Waals surface area (Å²) in [5.74, 6) is 0.527. The van der Waals surface area contributed by atoms with Crippen LogP contribution in [0.15, 0.2) is 28.7 Å². The van der Waals surface area contributed by atoms with Crippen LogP contribution in [-0.4, -0.2) is 26.3 Å². The van der Waals surface area contributed by atoms with E-state index in [-0.39, 0.29) is 0 Å². The minimum Gasteiger partial charge on any atom is -0.381 e. The van der Waals surface area contributed by atoms with Gasteiger partial charge in [0, 0.05) is 24.2 Å². The van der Waals surface area contributed by atoms with E-state index in [1.54, 1.807) is 0 Å². The molecule has 2 nitrogen and oxygen atoms in total. The molecule has 0 fully saturated rings. The fourth-order valence-electron chi connectivity index (χ4n) is 1.94. The third kappa shape index (κ3) is 5.98. The molecule has 0 aliphatic heterocycles. The molecule has 102 valence electrons. The van der Waals surface area contributed by atoms with Crippen molar-refractivity contribution in [2.75, 3.05) is 26.3 Å². The molecule has 0 bridgehead atoms. The number of ether oxygens (including phenoxy) is 1. The van der Waals surface area contributed by atoms with E-state index in [4.69, 9.17) is 4.74 Å². The number of hydrogen-bond acceptors (Lipinski definition) is 2. The lowest BCUT2D eigenvalue weighted by Crippen LogP contribution is -2.22. The maximum atomic E-state index is 5.61. The smallest absolute Gasteiger partial charge is 0.0472 e. The van der Waals surface area contributed by atoms with E-state index in [2.05, 4.69) is 59.4 Å². The molecule has 0 radical (unpaired) electrons. The SMILES string of the molecule is CCCOCCC(CNCC)c1cccc(Br)c1. The summed E-state index contributed by atoms with van der Waals surface area (Å²) in [7, 11) is 0. The van der Waals surface area contributed by atoms with Crippen LogP contribution in [-0.2, 0) is 4.74 Å². The minimum absolute atomic E-state index is 0.527. The topological polar surface area (TPSA) is 21.3 Å². The Morgan fingerprint density at radius 2 is 2.11 bits per heavy atom. The van der Waals surface area contributed by atoms with Gasteiger partial charge < -0.3 is 10.1 Å². The van der Waals surface area contributed by atoms with Crippen LogP contribution in [0, 0.1) is 0 Å². The van der Waals surface area contributed by atoms with E-state index >= 15 is 0 Å². The van der Waals surface area contributed by atoms with Gasteiger partial charge in [0.25, 0.3) is 0 Å². The van der Waals surface area contributed by atoms with Crippen LogP contribution in [0.1, 0.15) is 38.2 Å². The van der Waals surface area contributed by atoms with Crippen molar-refractivity contribution in [3.05, 3.63) is 34.3 Å². The van der Waals surface area contributed by atoms with Gasteiger partial charge in [-0.1, -0.05) is 41.9 Å². The zero-order valence-corrected chi connectivity index (χ0v) is 13.0. The minimum atomic E-state index is 0.527. The Morgan fingerprint density at radius 3 is 2.78 bits per heavy atom. The van der Waals surface area contributed by atoms with Crippen LogP contribution in [0.4, 0.5) is 0 Å². The van der Waals surface area contributed by atoms with Gasteiger partial charge in [-0.25, -0.2) is 0 Å². The second kappa shape index (κ2) is 9.54. The van der Waals surface area contributed by atoms with Crippen molar-refractivity contribution in [3.8, 4) is 0 Å². The molecular formula is C15H24BrNO. The van der Waals surface area contributed by atoms with Crippen LogP contribution in [0.5, 0.6) is 0 Å². The van der Waals surface area contributed by atoms with E-state index in [9.17, 15) is 0 Å². The molecule has 0 aromatic heterocycles. The maximum Gasteiger partial charge on any atom is 0.0472 e. The first-order valence-corrected chi connectivity index (χ1v) is 7.61. The largest absolute Gasteiger partial charge is 0.381 e. The van der Waals surface area contributed by atoms with E-state index in [0.717, 1.165) is 43.6 Å². The molecule has 0 aliphatic carbocycles. The molecule has 0 saturated carbocycles. The number of halogens is 1. The lowest BCUT2D eigenvalue weighted by molar-refractivity contribution is 0.127. The van der Waals surface area contributed by atoms with Gasteiger partial charge in [0.2, 0.25) is 0 Å². The summed E-state index contributed by atoms with van der Waals surface area (Å²) in [5, 5.41) is 3.44. The fourth-order valence-corrected chi connectivity index (χ4v) is 2.35. The van der Waals surface area contributed by atoms with Gasteiger partial charge in [-0.3, -0.25) is 0 Å². The standard InChI is InChI=1S/C15H24BrNO/c1-3-9-18-10-8-14(12-17-4-2)13-6-5-7-15(16)11-13/h5-7,11,14,17H,3-4,8-10,12H2,1-2H3. The zero-order chi connectivity index (χ0) is 13.2. The second-order valence-corrected chi connectivity index (χ2v) is 5.38. The molecule has 18 heavy (non-hydrogen) atoms. The van der Waals surface area contributed by atoms with E-state index < -0.39 is 0 Å². The Labute approximate surface area is 119 Å². The van der Waals surface area contributed by atoms with Gasteiger partial charge in [0.05, 0.1) is 0 Å². The third-order valence-electron chi connectivity index (χ3n) is 2.92. The molecular weight excluding hydrogens is 290 g/mol. The van der Waals surface area contributed by atoms with Crippen molar-refractivity contribution in [3.63, 3.8) is 0 Å². The van der Waals surface area contributed by atoms with E-state index in [1.807, 2.05) is 0 Å². The Morgan fingerprint density at radius 1 is 1.28 bits per heavy atom. The molecule has 0 spiro atoms. The molecule has 1 aromatic carbocycles. The predicted octanol–water partition coefficient (Wildman–Crippen LogP) is 3.96. The van der Waals surface area contributed by atoms with Crippen LogP contribution >= 0.6 is 15.9 Å². The highest BCUT2D eigenvalue weighted by molar-refractivity contribution is 9.10. The van der Waals surface area contributed by atoms with Crippen molar-refractivity contribution >= 4 is 15.9 Å². The molecule has 0 amide bonds. The lowest BCUT2D eigenvalue weighted by atomic mass is 9.96. The van der Waals surface area contributed by atoms with Crippen molar-refractivity contribution in [2.24, 2.45) is 0 Å². The molecule has 1 atom stereocenters. The van der Waals surface area contributed by atoms with Crippen LogP contribution in [0.25, 0.3) is 0 Å². The van der Waals surface area contributed by atoms with Crippen molar-refractivity contribution < 1.29 is 4.74 Å². The molecule has 3 heteroatoms. The highest BCUT2D eigenvalue weighted by Crippen LogP contribution is 2.22. The zero-order valence-electron chi connectivity index (χ0n) is 11.4. The number of benzene rings is 1. The summed E-state index contributed by atoms with van der Waals surface area (Å²) >= 11 is 3.54. The molecule has 0 aliphatic rings. The van der Waals surface area contributed by atoms with Crippen molar-refractivity contribution in [1.29, 1.82) is 0 Å². The number of rotatable bonds is 9. The van der Waals surface area contributed by atoms with E-state index in [1.165, 1.54) is 5.56 Å². The van der Waals surface area contributed by atoms with Gasteiger partial charge in [0.15, 0.2) is 0 Å². The molecule has 1 unspecified atom stereocenters. The van der Waals surface area contributed by atoms with Crippen molar-refractivity contribution in [1.82, 2.24) is 5.32 Å². The summed E-state index contributed by atoms with van der Waals surface area (Å²) in [6.45, 7) is 8.03. The molecule has 1 N–H and O–H groups in total. The number of nitrogens with one attached hydrogen (secondary N) is 1. The molecule has 0 saturated heterocycles. The van der Waals surface area contributed by atoms with Crippen LogP contribution < -0.4 is 5.32 Å². The van der Waals surface area contributed by atoms with Crippen molar-refractivity contribution in [2.45, 2.75) is 32.6 Å². The first-order valence-electron chi connectivity index (χ1n) is 6.81. The van der Waals surface area contributed by atoms with Gasteiger partial charge in [-0.05, 0) is 43.0 Å². The average Bonchev–Trinajstić information content (AvgIpc) is 2.38. The maximum absolute atomic E-state index is 5.61. The predicted molar refractivity (Wildman–Crippen MR) is 81.2 cm³/mol. The quantitative estimate of drug-likeness (QED) is 0.697. The fraction of sp³-hybridized carbons (Fsp3) is 0.600. The lowest BCUT2D eigenvalue weighted by Gasteiger charge is -2.18. The van der Waals surface area contributed by atoms with Gasteiger partial charge in [-0.2, -0.15) is 0 Å². The summed E-state index contributed by atoms with van der Waals surface area (Å²) in [6, 6.07) is 8.58. The summed E-state index contributed by atoms with van der Waals surface area (Å²) in [4.78, 5) is 0. The first-order chi connectivity index (χ1) is 8.77. The monoisotopic (exact) mass is 313 g/mol. The van der Waals surface area contributed by atoms with Crippen LogP contribution in [0.2, 0.25) is 0 Å².